The molecule has 3 aromatic heterocycles. The number of aromatic nitrogens is 4. The maximum Gasteiger partial charge on any atom is 0.253 e. The monoisotopic (exact) mass is 463 g/mol. The molecule has 4 aromatic rings. The van der Waals surface area contributed by atoms with Gasteiger partial charge >= 0.3 is 0 Å². The van der Waals surface area contributed by atoms with Crippen molar-refractivity contribution in [2.24, 2.45) is 5.73 Å². The molecule has 1 amide bonds. The van der Waals surface area contributed by atoms with Gasteiger partial charge in [0.05, 0.1) is 17.0 Å². The molecule has 10 heteroatoms. The molecule has 0 bridgehead atoms. The molecule has 0 saturated heterocycles. The zero-order valence-corrected chi connectivity index (χ0v) is 18.2. The standard InChI is InChI=1S/C24H23F2N7O/c25-19-5-1-3-16(11-19)8-10-31-33-22(12-23(26)32-33)20-7-6-18(15-29-20)24(34)30-14-17-4-2-9-28-21(17)13-27/h1-7,9,11-12,15,31H,8,10,13-14,27H2,(H,30,34). The first-order valence-electron chi connectivity index (χ1n) is 10.6. The van der Waals surface area contributed by atoms with E-state index < -0.39 is 5.95 Å². The lowest BCUT2D eigenvalue weighted by molar-refractivity contribution is 0.0950. The summed E-state index contributed by atoms with van der Waals surface area (Å²) in [7, 11) is 0. The number of amides is 1. The molecular weight excluding hydrogens is 440 g/mol. The Labute approximate surface area is 194 Å². The molecule has 0 saturated carbocycles. The number of nitrogens with two attached hydrogens (primary N) is 1. The molecule has 0 fully saturated rings. The van der Waals surface area contributed by atoms with Crippen LogP contribution in [0.1, 0.15) is 27.2 Å². The van der Waals surface area contributed by atoms with Gasteiger partial charge in [-0.05, 0) is 47.9 Å². The first-order valence-corrected chi connectivity index (χ1v) is 10.6. The summed E-state index contributed by atoms with van der Waals surface area (Å²) in [6, 6.07) is 14.4. The van der Waals surface area contributed by atoms with Crippen molar-refractivity contribution in [3.05, 3.63) is 101 Å². The number of hydrogen-bond acceptors (Lipinski definition) is 6. The predicted molar refractivity (Wildman–Crippen MR) is 123 cm³/mol. The van der Waals surface area contributed by atoms with Gasteiger partial charge in [0.25, 0.3) is 5.91 Å². The fourth-order valence-corrected chi connectivity index (χ4v) is 3.43. The Morgan fingerprint density at radius 2 is 1.94 bits per heavy atom. The zero-order chi connectivity index (χ0) is 23.9. The normalized spacial score (nSPS) is 10.8. The fourth-order valence-electron chi connectivity index (χ4n) is 3.43. The van der Waals surface area contributed by atoms with E-state index in [1.54, 1.807) is 30.5 Å². The van der Waals surface area contributed by atoms with Crippen LogP contribution >= 0.6 is 0 Å². The highest BCUT2D eigenvalue weighted by Crippen LogP contribution is 2.18. The third-order valence-electron chi connectivity index (χ3n) is 5.15. The summed E-state index contributed by atoms with van der Waals surface area (Å²) < 4.78 is 27.2. The molecule has 0 aliphatic heterocycles. The van der Waals surface area contributed by atoms with Gasteiger partial charge < -0.3 is 16.5 Å². The van der Waals surface area contributed by atoms with Gasteiger partial charge in [-0.1, -0.05) is 18.2 Å². The van der Waals surface area contributed by atoms with E-state index in [1.807, 2.05) is 12.1 Å². The molecule has 0 aliphatic rings. The Morgan fingerprint density at radius 1 is 1.06 bits per heavy atom. The van der Waals surface area contributed by atoms with Crippen molar-refractivity contribution in [2.75, 3.05) is 12.0 Å². The van der Waals surface area contributed by atoms with E-state index in [4.69, 9.17) is 5.73 Å². The summed E-state index contributed by atoms with van der Waals surface area (Å²) in [5.74, 6) is -1.29. The number of halogens is 2. The molecule has 3 heterocycles. The van der Waals surface area contributed by atoms with Crippen molar-refractivity contribution in [3.63, 3.8) is 0 Å². The molecule has 174 valence electrons. The smallest absolute Gasteiger partial charge is 0.253 e. The van der Waals surface area contributed by atoms with E-state index in [9.17, 15) is 13.6 Å². The third-order valence-corrected chi connectivity index (χ3v) is 5.15. The van der Waals surface area contributed by atoms with E-state index in [1.165, 1.54) is 29.2 Å². The molecule has 1 aromatic carbocycles. The van der Waals surface area contributed by atoms with Crippen LogP contribution < -0.4 is 16.5 Å². The van der Waals surface area contributed by atoms with Gasteiger partial charge in [0.1, 0.15) is 11.5 Å². The topological polar surface area (TPSA) is 111 Å². The number of hydrogen-bond donors (Lipinski definition) is 3. The van der Waals surface area contributed by atoms with Crippen molar-refractivity contribution < 1.29 is 13.6 Å². The van der Waals surface area contributed by atoms with Crippen LogP contribution in [0, 0.1) is 11.8 Å². The average Bonchev–Trinajstić information content (AvgIpc) is 3.23. The highest BCUT2D eigenvalue weighted by molar-refractivity contribution is 5.94. The van der Waals surface area contributed by atoms with Gasteiger partial charge in [0, 0.05) is 38.1 Å². The van der Waals surface area contributed by atoms with Crippen molar-refractivity contribution in [1.82, 2.24) is 25.2 Å². The minimum atomic E-state index is -0.677. The molecule has 4 rings (SSSR count). The molecule has 0 atom stereocenters. The molecule has 34 heavy (non-hydrogen) atoms. The van der Waals surface area contributed by atoms with Crippen LogP contribution in [0.4, 0.5) is 8.78 Å². The van der Waals surface area contributed by atoms with Gasteiger partial charge in [0.15, 0.2) is 0 Å². The average molecular weight is 463 g/mol. The van der Waals surface area contributed by atoms with Crippen LogP contribution in [-0.2, 0) is 19.5 Å². The Bertz CT molecular complexity index is 1270. The third kappa shape index (κ3) is 5.59. The van der Waals surface area contributed by atoms with E-state index in [2.05, 4.69) is 25.8 Å². The van der Waals surface area contributed by atoms with E-state index in [-0.39, 0.29) is 24.8 Å². The summed E-state index contributed by atoms with van der Waals surface area (Å²) in [5, 5.41) is 6.62. The second-order valence-corrected chi connectivity index (χ2v) is 7.48. The minimum Gasteiger partial charge on any atom is -0.348 e. The molecule has 0 spiro atoms. The first-order chi connectivity index (χ1) is 16.5. The Hall–Kier alpha value is -4.18. The Kier molecular flexibility index (Phi) is 7.19. The number of rotatable bonds is 9. The van der Waals surface area contributed by atoms with Gasteiger partial charge in [0.2, 0.25) is 5.95 Å². The minimum absolute atomic E-state index is 0.281. The van der Waals surface area contributed by atoms with Crippen molar-refractivity contribution in [2.45, 2.75) is 19.5 Å². The molecule has 0 radical (unpaired) electrons. The van der Waals surface area contributed by atoms with Crippen LogP contribution in [0.3, 0.4) is 0 Å². The van der Waals surface area contributed by atoms with Crippen LogP contribution in [0.15, 0.2) is 67.0 Å². The van der Waals surface area contributed by atoms with Crippen molar-refractivity contribution >= 4 is 5.91 Å². The maximum atomic E-state index is 13.9. The summed E-state index contributed by atoms with van der Waals surface area (Å²) >= 11 is 0. The number of nitrogens with one attached hydrogen (secondary N) is 2. The number of carbonyl (C=O) groups is 1. The number of nitrogens with zero attached hydrogens (tertiary/aromatic N) is 4. The lowest BCUT2D eigenvalue weighted by Gasteiger charge is -2.11. The quantitative estimate of drug-likeness (QED) is 0.352. The number of benzene rings is 1. The van der Waals surface area contributed by atoms with E-state index >= 15 is 0 Å². The van der Waals surface area contributed by atoms with Crippen LogP contribution in [0.5, 0.6) is 0 Å². The van der Waals surface area contributed by atoms with Gasteiger partial charge in [-0.3, -0.25) is 14.8 Å². The maximum absolute atomic E-state index is 13.9. The molecule has 0 aliphatic carbocycles. The summed E-state index contributed by atoms with van der Waals surface area (Å²) in [4.78, 5) is 22.3. The first kappa shape index (κ1) is 23.0. The Balaban J connectivity index is 1.40. The lowest BCUT2D eigenvalue weighted by Crippen LogP contribution is -2.24. The SMILES string of the molecule is NCc1ncccc1CNC(=O)c1ccc(-c2cc(F)nn2NCCc2cccc(F)c2)nc1. The van der Waals surface area contributed by atoms with Crippen LogP contribution in [0.25, 0.3) is 11.4 Å². The van der Waals surface area contributed by atoms with Gasteiger partial charge in [-0.2, -0.15) is 9.18 Å². The van der Waals surface area contributed by atoms with Gasteiger partial charge in [-0.25, -0.2) is 4.39 Å². The van der Waals surface area contributed by atoms with Crippen LogP contribution in [0.2, 0.25) is 0 Å². The summed E-state index contributed by atoms with van der Waals surface area (Å²) in [6.45, 7) is 0.966. The second kappa shape index (κ2) is 10.6. The largest absolute Gasteiger partial charge is 0.348 e. The highest BCUT2D eigenvalue weighted by atomic mass is 19.1. The molecule has 4 N–H and O–H groups in total. The van der Waals surface area contributed by atoms with Crippen molar-refractivity contribution in [1.29, 1.82) is 0 Å². The second-order valence-electron chi connectivity index (χ2n) is 7.48. The van der Waals surface area contributed by atoms with Crippen molar-refractivity contribution in [3.8, 4) is 11.4 Å². The zero-order valence-electron chi connectivity index (χ0n) is 18.2. The predicted octanol–water partition coefficient (Wildman–Crippen LogP) is 2.79. The molecular formula is C24H23F2N7O. The van der Waals surface area contributed by atoms with E-state index in [0.29, 0.717) is 29.9 Å². The highest BCUT2D eigenvalue weighted by Gasteiger charge is 2.13. The summed E-state index contributed by atoms with van der Waals surface area (Å²) in [6.07, 6.45) is 3.59. The number of carbonyl (C=O) groups excluding carboxylic acids is 1. The fraction of sp³-hybridized carbons (Fsp3) is 0.167. The van der Waals surface area contributed by atoms with E-state index in [0.717, 1.165) is 16.8 Å². The lowest BCUT2D eigenvalue weighted by atomic mass is 10.1. The van der Waals surface area contributed by atoms with Crippen LogP contribution in [-0.4, -0.2) is 32.3 Å². The Morgan fingerprint density at radius 3 is 2.71 bits per heavy atom. The molecule has 8 nitrogen and oxygen atoms in total. The molecule has 0 unspecified atom stereocenters. The van der Waals surface area contributed by atoms with Gasteiger partial charge in [-0.15, -0.1) is 5.10 Å². The number of pyridine rings is 2. The summed E-state index contributed by atoms with van der Waals surface area (Å²) in [5.41, 5.74) is 12.2.